The van der Waals surface area contributed by atoms with Crippen molar-refractivity contribution in [1.29, 1.82) is 0 Å². The fraction of sp³-hybridized carbons (Fsp3) is 0.375. The van der Waals surface area contributed by atoms with Gasteiger partial charge >= 0.3 is 13.5 Å². The van der Waals surface area contributed by atoms with Crippen LogP contribution in [0.1, 0.15) is 18.2 Å². The number of aliphatic hydroxyl groups excluding tert-OH is 1. The number of hydrogen-bond donors (Lipinski definition) is 2. The second-order valence-corrected chi connectivity index (χ2v) is 7.75. The first-order valence-electron chi connectivity index (χ1n) is 8.61. The number of H-pyrrole nitrogens is 1. The van der Waals surface area contributed by atoms with Gasteiger partial charge in [0.05, 0.1) is 17.6 Å². The van der Waals surface area contributed by atoms with Crippen LogP contribution in [0.5, 0.6) is 5.75 Å². The van der Waals surface area contributed by atoms with Gasteiger partial charge in [0.25, 0.3) is 11.2 Å². The molecule has 162 valence electrons. The number of aryl methyl sites for hydroxylation is 1. The zero-order chi connectivity index (χ0) is 22.1. The molecule has 14 heteroatoms. The minimum atomic E-state index is -4.96. The normalized spacial score (nSPS) is 23.1. The van der Waals surface area contributed by atoms with Crippen LogP contribution >= 0.6 is 7.82 Å². The first-order chi connectivity index (χ1) is 14.1. The van der Waals surface area contributed by atoms with Crippen molar-refractivity contribution >= 4 is 13.5 Å². The Labute approximate surface area is 168 Å². The highest BCUT2D eigenvalue weighted by atomic mass is 31.2. The summed E-state index contributed by atoms with van der Waals surface area (Å²) in [6, 6.07) is 4.30. The number of aromatic nitrogens is 2. The molecule has 2 heterocycles. The van der Waals surface area contributed by atoms with Crippen molar-refractivity contribution in [2.24, 2.45) is 0 Å². The molecule has 0 aliphatic carbocycles. The average molecular weight is 442 g/mol. The summed E-state index contributed by atoms with van der Waals surface area (Å²) in [6.07, 6.45) is -2.13. The van der Waals surface area contributed by atoms with Crippen molar-refractivity contribution in [3.8, 4) is 5.75 Å². The minimum absolute atomic E-state index is 0.132. The van der Waals surface area contributed by atoms with E-state index in [-0.39, 0.29) is 23.4 Å². The topological polar surface area (TPSA) is 186 Å². The molecule has 0 radical (unpaired) electrons. The second kappa shape index (κ2) is 8.50. The van der Waals surface area contributed by atoms with Gasteiger partial charge < -0.3 is 23.8 Å². The highest BCUT2D eigenvalue weighted by molar-refractivity contribution is 7.46. The lowest BCUT2D eigenvalue weighted by Gasteiger charge is -2.27. The molecule has 1 aliphatic rings. The summed E-state index contributed by atoms with van der Waals surface area (Å²) in [5.41, 5.74) is -1.35. The number of nitrogens with zero attached hydrogens (tertiary/aromatic N) is 2. The highest BCUT2D eigenvalue weighted by Gasteiger charge is 2.39. The van der Waals surface area contributed by atoms with Crippen molar-refractivity contribution in [3.63, 3.8) is 0 Å². The van der Waals surface area contributed by atoms with Crippen LogP contribution in [0.25, 0.3) is 0 Å². The maximum Gasteiger partial charge on any atom is 0.330 e. The summed E-state index contributed by atoms with van der Waals surface area (Å²) in [7, 11) is -4.96. The van der Waals surface area contributed by atoms with Crippen LogP contribution in [-0.2, 0) is 13.8 Å². The molecule has 1 aromatic heterocycles. The summed E-state index contributed by atoms with van der Waals surface area (Å²) in [6.45, 7) is 0.876. The fourth-order valence-corrected chi connectivity index (χ4v) is 3.87. The number of phosphoric ester groups is 1. The van der Waals surface area contributed by atoms with Crippen LogP contribution in [0, 0.1) is 17.0 Å². The molecular weight excluding hydrogens is 425 g/mol. The number of nitrogens with one attached hydrogen (secondary N) is 1. The van der Waals surface area contributed by atoms with Gasteiger partial charge in [0.2, 0.25) is 0 Å². The first-order valence-corrected chi connectivity index (χ1v) is 10.1. The third-order valence-corrected chi connectivity index (χ3v) is 5.31. The molecule has 0 bridgehead atoms. The lowest BCUT2D eigenvalue weighted by Crippen LogP contribution is -2.33. The molecule has 2 aromatic rings. The van der Waals surface area contributed by atoms with E-state index in [0.29, 0.717) is 0 Å². The summed E-state index contributed by atoms with van der Waals surface area (Å²) < 4.78 is 28.6. The smallest absolute Gasteiger partial charge is 0.330 e. The van der Waals surface area contributed by atoms with Crippen LogP contribution in [0.4, 0.5) is 5.69 Å². The predicted molar refractivity (Wildman–Crippen MR) is 97.9 cm³/mol. The van der Waals surface area contributed by atoms with E-state index in [2.05, 4.69) is 4.98 Å². The number of ether oxygens (including phenoxy) is 1. The first kappa shape index (κ1) is 21.9. The molecular formula is C16H17N3O10P-. The van der Waals surface area contributed by atoms with Gasteiger partial charge in [0, 0.05) is 30.3 Å². The number of benzene rings is 1. The molecule has 4 unspecified atom stereocenters. The molecule has 0 saturated carbocycles. The summed E-state index contributed by atoms with van der Waals surface area (Å²) in [4.78, 5) is 47.9. The summed E-state index contributed by atoms with van der Waals surface area (Å²) in [5.74, 6) is -0.206. The Kier molecular flexibility index (Phi) is 6.19. The number of nitro groups is 1. The zero-order valence-electron chi connectivity index (χ0n) is 15.5. The molecule has 4 atom stereocenters. The van der Waals surface area contributed by atoms with Gasteiger partial charge in [-0.2, -0.15) is 0 Å². The molecule has 30 heavy (non-hydrogen) atoms. The SMILES string of the molecule is Cc1cn(C2CC(OP(=O)([O-])Oc3ccc([N+](=O)[O-])cc3)C(CO)O2)c(=O)[nH]c1=O. The van der Waals surface area contributed by atoms with Gasteiger partial charge in [-0.1, -0.05) is 0 Å². The summed E-state index contributed by atoms with van der Waals surface area (Å²) >= 11 is 0. The van der Waals surface area contributed by atoms with Crippen LogP contribution in [0.15, 0.2) is 40.1 Å². The number of non-ortho nitro benzene ring substituents is 1. The molecule has 13 nitrogen and oxygen atoms in total. The lowest BCUT2D eigenvalue weighted by molar-refractivity contribution is -0.384. The van der Waals surface area contributed by atoms with Crippen LogP contribution in [0.2, 0.25) is 0 Å². The third-order valence-electron chi connectivity index (χ3n) is 4.35. The van der Waals surface area contributed by atoms with Crippen molar-refractivity contribution < 1.29 is 33.3 Å². The Bertz CT molecular complexity index is 1100. The number of rotatable bonds is 7. The monoisotopic (exact) mass is 442 g/mol. The molecule has 1 saturated heterocycles. The molecule has 0 amide bonds. The fourth-order valence-electron chi connectivity index (χ4n) is 2.89. The van der Waals surface area contributed by atoms with Crippen molar-refractivity contribution in [2.45, 2.75) is 31.8 Å². The Morgan fingerprint density at radius 2 is 2.03 bits per heavy atom. The number of aliphatic hydroxyl groups is 1. The van der Waals surface area contributed by atoms with Crippen LogP contribution in [-0.4, -0.2) is 38.4 Å². The maximum atomic E-state index is 12.2. The van der Waals surface area contributed by atoms with E-state index in [4.69, 9.17) is 13.8 Å². The quantitative estimate of drug-likeness (QED) is 0.335. The van der Waals surface area contributed by atoms with Crippen LogP contribution in [0.3, 0.4) is 0 Å². The number of phosphoric acid groups is 1. The van der Waals surface area contributed by atoms with Gasteiger partial charge in [0.15, 0.2) is 0 Å². The maximum absolute atomic E-state index is 12.2. The third kappa shape index (κ3) is 4.83. The predicted octanol–water partition coefficient (Wildman–Crippen LogP) is -0.0344. The number of hydrogen-bond acceptors (Lipinski definition) is 10. The van der Waals surface area contributed by atoms with Gasteiger partial charge in [-0.05, 0) is 19.1 Å². The molecule has 1 fully saturated rings. The van der Waals surface area contributed by atoms with Gasteiger partial charge in [0.1, 0.15) is 18.1 Å². The molecule has 3 rings (SSSR count). The molecule has 2 N–H and O–H groups in total. The largest absolute Gasteiger partial charge is 0.746 e. The average Bonchev–Trinajstić information content (AvgIpc) is 3.06. The Hall–Kier alpha value is -2.83. The van der Waals surface area contributed by atoms with E-state index in [0.717, 1.165) is 28.8 Å². The zero-order valence-corrected chi connectivity index (χ0v) is 16.4. The van der Waals surface area contributed by atoms with Gasteiger partial charge in [-0.25, -0.2) is 4.79 Å². The number of nitro benzene ring substituents is 1. The van der Waals surface area contributed by atoms with Crippen molar-refractivity contribution in [2.75, 3.05) is 6.61 Å². The van der Waals surface area contributed by atoms with Crippen molar-refractivity contribution in [1.82, 2.24) is 9.55 Å². The van der Waals surface area contributed by atoms with E-state index in [1.54, 1.807) is 0 Å². The standard InChI is InChI=1S/C16H18N3O10P/c1-9-7-18(16(22)17-15(9)21)14-6-12(13(8-20)27-14)29-30(25,26)28-11-4-2-10(3-5-11)19(23)24/h2-5,7,12-14,20H,6,8H2,1H3,(H,25,26)(H,17,21,22)/p-1. The molecule has 0 spiro atoms. The molecule has 1 aliphatic heterocycles. The van der Waals surface area contributed by atoms with Gasteiger partial charge in [-0.3, -0.25) is 29.0 Å². The van der Waals surface area contributed by atoms with Crippen LogP contribution < -0.4 is 20.7 Å². The Morgan fingerprint density at radius 1 is 1.37 bits per heavy atom. The van der Waals surface area contributed by atoms with Gasteiger partial charge in [-0.15, -0.1) is 0 Å². The molecule has 1 aromatic carbocycles. The Balaban J connectivity index is 1.74. The van der Waals surface area contributed by atoms with E-state index < -0.39 is 49.0 Å². The van der Waals surface area contributed by atoms with E-state index in [9.17, 15) is 34.3 Å². The highest BCUT2D eigenvalue weighted by Crippen LogP contribution is 2.45. The van der Waals surface area contributed by atoms with E-state index in [1.165, 1.54) is 13.1 Å². The Morgan fingerprint density at radius 3 is 2.63 bits per heavy atom. The summed E-state index contributed by atoms with van der Waals surface area (Å²) in [5, 5.41) is 20.1. The second-order valence-electron chi connectivity index (χ2n) is 6.46. The number of aromatic amines is 1. The lowest BCUT2D eigenvalue weighted by atomic mass is 10.2. The minimum Gasteiger partial charge on any atom is -0.746 e. The van der Waals surface area contributed by atoms with E-state index >= 15 is 0 Å². The van der Waals surface area contributed by atoms with Crippen molar-refractivity contribution in [3.05, 3.63) is 67.0 Å². The van der Waals surface area contributed by atoms with E-state index in [1.807, 2.05) is 0 Å².